The second-order valence-corrected chi connectivity index (χ2v) is 7.67. The molecule has 138 valence electrons. The van der Waals surface area contributed by atoms with Gasteiger partial charge in [-0.3, -0.25) is 14.4 Å². The van der Waals surface area contributed by atoms with Gasteiger partial charge in [0.15, 0.2) is 5.78 Å². The van der Waals surface area contributed by atoms with Gasteiger partial charge in [-0.1, -0.05) is 30.1 Å². The molecule has 0 aliphatic heterocycles. The average Bonchev–Trinajstić information content (AvgIpc) is 3.04. The van der Waals surface area contributed by atoms with Crippen LogP contribution in [0.5, 0.6) is 0 Å². The van der Waals surface area contributed by atoms with Gasteiger partial charge in [-0.05, 0) is 36.8 Å². The van der Waals surface area contributed by atoms with Crippen LogP contribution in [-0.4, -0.2) is 24.1 Å². The van der Waals surface area contributed by atoms with Crippen LogP contribution in [0.25, 0.3) is 0 Å². The SMILES string of the molecule is CCCNC(=O)c1ccc(Cl)cc1NC(=O)CCC(=O)c1ccc(Cl)s1. The van der Waals surface area contributed by atoms with Crippen molar-refractivity contribution in [3.8, 4) is 0 Å². The van der Waals surface area contributed by atoms with Gasteiger partial charge in [0.25, 0.3) is 5.91 Å². The number of benzene rings is 1. The molecule has 5 nitrogen and oxygen atoms in total. The number of rotatable bonds is 8. The summed E-state index contributed by atoms with van der Waals surface area (Å²) in [5, 5.41) is 5.82. The van der Waals surface area contributed by atoms with Gasteiger partial charge in [-0.15, -0.1) is 11.3 Å². The van der Waals surface area contributed by atoms with Crippen molar-refractivity contribution in [2.75, 3.05) is 11.9 Å². The maximum absolute atomic E-state index is 12.2. The molecule has 2 N–H and O–H groups in total. The Morgan fingerprint density at radius 3 is 2.50 bits per heavy atom. The lowest BCUT2D eigenvalue weighted by molar-refractivity contribution is -0.116. The van der Waals surface area contributed by atoms with E-state index in [1.54, 1.807) is 24.3 Å². The van der Waals surface area contributed by atoms with Gasteiger partial charge in [0.05, 0.1) is 20.5 Å². The second-order valence-electron chi connectivity index (χ2n) is 5.52. The number of amides is 2. The summed E-state index contributed by atoms with van der Waals surface area (Å²) in [7, 11) is 0. The third-order valence-corrected chi connectivity index (χ3v) is 4.97. The highest BCUT2D eigenvalue weighted by atomic mass is 35.5. The number of halogens is 2. The predicted octanol–water partition coefficient (Wildman–Crippen LogP) is 4.80. The molecule has 0 aliphatic rings. The zero-order valence-electron chi connectivity index (χ0n) is 14.1. The molecule has 2 amide bonds. The third-order valence-electron chi connectivity index (χ3n) is 3.46. The number of thiophene rings is 1. The monoisotopic (exact) mass is 412 g/mol. The minimum absolute atomic E-state index is 0.00309. The number of nitrogens with one attached hydrogen (secondary N) is 2. The summed E-state index contributed by atoms with van der Waals surface area (Å²) in [5.74, 6) is -0.806. The van der Waals surface area contributed by atoms with Gasteiger partial charge in [0, 0.05) is 24.4 Å². The largest absolute Gasteiger partial charge is 0.352 e. The third kappa shape index (κ3) is 5.83. The van der Waals surface area contributed by atoms with E-state index < -0.39 is 0 Å². The summed E-state index contributed by atoms with van der Waals surface area (Å²) >= 11 is 13.0. The fourth-order valence-electron chi connectivity index (χ4n) is 2.18. The Hall–Kier alpha value is -1.89. The molecule has 26 heavy (non-hydrogen) atoms. The quantitative estimate of drug-likeness (QED) is 0.611. The highest BCUT2D eigenvalue weighted by Crippen LogP contribution is 2.24. The highest BCUT2D eigenvalue weighted by molar-refractivity contribution is 7.18. The lowest BCUT2D eigenvalue weighted by Crippen LogP contribution is -2.26. The first-order valence-electron chi connectivity index (χ1n) is 8.07. The molecular weight excluding hydrogens is 395 g/mol. The van der Waals surface area contributed by atoms with Gasteiger partial charge in [-0.2, -0.15) is 0 Å². The standard InChI is InChI=1S/C18H18Cl2N2O3S/c1-2-9-21-18(25)12-4-3-11(19)10-13(12)22-17(24)8-5-14(23)15-6-7-16(20)26-15/h3-4,6-7,10H,2,5,8-9H2,1H3,(H,21,25)(H,22,24). The topological polar surface area (TPSA) is 75.3 Å². The molecule has 1 heterocycles. The Kier molecular flexibility index (Phi) is 7.63. The number of carbonyl (C=O) groups excluding carboxylic acids is 3. The van der Waals surface area contributed by atoms with Crippen molar-refractivity contribution in [1.82, 2.24) is 5.32 Å². The zero-order chi connectivity index (χ0) is 19.1. The molecule has 2 rings (SSSR count). The number of hydrogen-bond donors (Lipinski definition) is 2. The molecule has 8 heteroatoms. The van der Waals surface area contributed by atoms with Crippen molar-refractivity contribution in [2.24, 2.45) is 0 Å². The molecule has 0 fully saturated rings. The summed E-state index contributed by atoms with van der Waals surface area (Å²) in [5.41, 5.74) is 0.648. The van der Waals surface area contributed by atoms with E-state index in [0.29, 0.717) is 32.0 Å². The van der Waals surface area contributed by atoms with E-state index in [2.05, 4.69) is 10.6 Å². The molecule has 0 radical (unpaired) electrons. The van der Waals surface area contributed by atoms with Crippen LogP contribution in [-0.2, 0) is 4.79 Å². The van der Waals surface area contributed by atoms with Gasteiger partial charge < -0.3 is 10.6 Å². The van der Waals surface area contributed by atoms with Crippen molar-refractivity contribution in [2.45, 2.75) is 26.2 Å². The smallest absolute Gasteiger partial charge is 0.253 e. The summed E-state index contributed by atoms with van der Waals surface area (Å²) in [6.07, 6.45) is 0.855. The summed E-state index contributed by atoms with van der Waals surface area (Å²) in [6, 6.07) is 7.94. The Morgan fingerprint density at radius 1 is 1.08 bits per heavy atom. The first kappa shape index (κ1) is 20.4. The van der Waals surface area contributed by atoms with Gasteiger partial charge in [-0.25, -0.2) is 0 Å². The lowest BCUT2D eigenvalue weighted by atomic mass is 10.1. The molecule has 1 aromatic carbocycles. The van der Waals surface area contributed by atoms with Crippen molar-refractivity contribution in [3.63, 3.8) is 0 Å². The molecule has 0 aliphatic carbocycles. The molecular formula is C18H18Cl2N2O3S. The van der Waals surface area contributed by atoms with Crippen LogP contribution in [0.2, 0.25) is 9.36 Å². The van der Waals surface area contributed by atoms with Crippen LogP contribution < -0.4 is 10.6 Å². The van der Waals surface area contributed by atoms with Gasteiger partial charge in [0.2, 0.25) is 5.91 Å². The molecule has 0 saturated carbocycles. The lowest BCUT2D eigenvalue weighted by Gasteiger charge is -2.11. The van der Waals surface area contributed by atoms with Crippen molar-refractivity contribution >= 4 is 57.8 Å². The normalized spacial score (nSPS) is 10.4. The zero-order valence-corrected chi connectivity index (χ0v) is 16.4. The van der Waals surface area contributed by atoms with Crippen LogP contribution in [0.3, 0.4) is 0 Å². The Bertz CT molecular complexity index is 821. The molecule has 0 atom stereocenters. The molecule has 2 aromatic rings. The first-order chi connectivity index (χ1) is 12.4. The minimum Gasteiger partial charge on any atom is -0.352 e. The molecule has 1 aromatic heterocycles. The fourth-order valence-corrected chi connectivity index (χ4v) is 3.36. The van der Waals surface area contributed by atoms with Crippen LogP contribution >= 0.6 is 34.5 Å². The second kappa shape index (κ2) is 9.71. The van der Waals surface area contributed by atoms with Crippen LogP contribution in [0.1, 0.15) is 46.2 Å². The summed E-state index contributed by atoms with van der Waals surface area (Å²) < 4.78 is 0.527. The Labute approximate surface area is 165 Å². The van der Waals surface area contributed by atoms with Gasteiger partial charge in [0.1, 0.15) is 0 Å². The number of anilines is 1. The van der Waals surface area contributed by atoms with E-state index in [1.165, 1.54) is 17.4 Å². The first-order valence-corrected chi connectivity index (χ1v) is 9.64. The maximum Gasteiger partial charge on any atom is 0.253 e. The summed E-state index contributed by atoms with van der Waals surface area (Å²) in [4.78, 5) is 37.0. The Balaban J connectivity index is 2.00. The van der Waals surface area contributed by atoms with E-state index in [4.69, 9.17) is 23.2 Å². The number of carbonyl (C=O) groups is 3. The average molecular weight is 413 g/mol. The van der Waals surface area contributed by atoms with E-state index in [1.807, 2.05) is 6.92 Å². The molecule has 0 saturated heterocycles. The van der Waals surface area contributed by atoms with Crippen LogP contribution in [0.4, 0.5) is 5.69 Å². The summed E-state index contributed by atoms with van der Waals surface area (Å²) in [6.45, 7) is 2.48. The van der Waals surface area contributed by atoms with Crippen molar-refractivity contribution < 1.29 is 14.4 Å². The van der Waals surface area contributed by atoms with E-state index >= 15 is 0 Å². The molecule has 0 unspecified atom stereocenters. The fraction of sp³-hybridized carbons (Fsp3) is 0.278. The minimum atomic E-state index is -0.368. The maximum atomic E-state index is 12.2. The number of hydrogen-bond acceptors (Lipinski definition) is 4. The number of Topliss-reactive ketones (excluding diaryl/α,β-unsaturated/α-hetero) is 1. The Morgan fingerprint density at radius 2 is 1.85 bits per heavy atom. The molecule has 0 spiro atoms. The number of ketones is 1. The van der Waals surface area contributed by atoms with E-state index in [0.717, 1.165) is 6.42 Å². The predicted molar refractivity (Wildman–Crippen MR) is 106 cm³/mol. The highest BCUT2D eigenvalue weighted by Gasteiger charge is 2.16. The van der Waals surface area contributed by atoms with Gasteiger partial charge >= 0.3 is 0 Å². The van der Waals surface area contributed by atoms with Crippen molar-refractivity contribution in [1.29, 1.82) is 0 Å². The van der Waals surface area contributed by atoms with Crippen LogP contribution in [0.15, 0.2) is 30.3 Å². The van der Waals surface area contributed by atoms with Crippen LogP contribution in [0, 0.1) is 0 Å². The van der Waals surface area contributed by atoms with E-state index in [9.17, 15) is 14.4 Å². The van der Waals surface area contributed by atoms with E-state index in [-0.39, 0.29) is 30.4 Å². The molecule has 0 bridgehead atoms. The van der Waals surface area contributed by atoms with Crippen molar-refractivity contribution in [3.05, 3.63) is 50.1 Å².